The summed E-state index contributed by atoms with van der Waals surface area (Å²) in [6, 6.07) is 2.97. The Morgan fingerprint density at radius 3 is 2.61 bits per heavy atom. The van der Waals surface area contributed by atoms with E-state index in [4.69, 9.17) is 11.6 Å². The summed E-state index contributed by atoms with van der Waals surface area (Å²) in [7, 11) is 1.88. The Labute approximate surface area is 175 Å². The first-order valence-electron chi connectivity index (χ1n) is 8.92. The van der Waals surface area contributed by atoms with E-state index in [0.29, 0.717) is 19.0 Å². The molecule has 0 saturated carbocycles. The van der Waals surface area contributed by atoms with Gasteiger partial charge in [0.2, 0.25) is 5.91 Å². The molecule has 1 aromatic rings. The van der Waals surface area contributed by atoms with Crippen LogP contribution in [0.2, 0.25) is 5.02 Å². The van der Waals surface area contributed by atoms with E-state index < -0.39 is 16.9 Å². The van der Waals surface area contributed by atoms with Gasteiger partial charge in [0.15, 0.2) is 0 Å². The van der Waals surface area contributed by atoms with Crippen molar-refractivity contribution in [2.24, 2.45) is 11.8 Å². The van der Waals surface area contributed by atoms with Crippen molar-refractivity contribution in [3.63, 3.8) is 0 Å². The Morgan fingerprint density at radius 2 is 2.07 bits per heavy atom. The summed E-state index contributed by atoms with van der Waals surface area (Å²) in [5, 5.41) is 16.6. The molecule has 1 fully saturated rings. The van der Waals surface area contributed by atoms with E-state index in [-0.39, 0.29) is 40.5 Å². The molecule has 2 atom stereocenters. The summed E-state index contributed by atoms with van der Waals surface area (Å²) in [5.41, 5.74) is -0.0872. The summed E-state index contributed by atoms with van der Waals surface area (Å²) < 4.78 is 0. The summed E-state index contributed by atoms with van der Waals surface area (Å²) in [6.07, 6.45) is 0.930. The number of halogens is 2. The molecule has 156 valence electrons. The lowest BCUT2D eigenvalue weighted by atomic mass is 10.0. The Balaban J connectivity index is 0.00000392. The van der Waals surface area contributed by atoms with Gasteiger partial charge < -0.3 is 15.5 Å². The second kappa shape index (κ2) is 10.6. The maximum Gasteiger partial charge on any atom is 0.270 e. The number of rotatable bonds is 7. The van der Waals surface area contributed by atoms with Gasteiger partial charge in [-0.2, -0.15) is 0 Å². The van der Waals surface area contributed by atoms with Gasteiger partial charge in [0, 0.05) is 25.2 Å². The van der Waals surface area contributed by atoms with E-state index >= 15 is 0 Å². The molecular formula is C18H26Cl2N4O4. The fourth-order valence-corrected chi connectivity index (χ4v) is 3.48. The van der Waals surface area contributed by atoms with Crippen LogP contribution in [0.4, 0.5) is 5.69 Å². The molecule has 1 aromatic carbocycles. The van der Waals surface area contributed by atoms with Crippen molar-refractivity contribution in [2.45, 2.75) is 26.3 Å². The lowest BCUT2D eigenvalue weighted by Crippen LogP contribution is -2.50. The number of benzene rings is 1. The van der Waals surface area contributed by atoms with Gasteiger partial charge in [-0.3, -0.25) is 19.7 Å². The molecule has 2 unspecified atom stereocenters. The average molecular weight is 433 g/mol. The van der Waals surface area contributed by atoms with Gasteiger partial charge in [0.1, 0.15) is 6.04 Å². The molecule has 0 radical (unpaired) electrons. The first-order valence-corrected chi connectivity index (χ1v) is 9.30. The number of likely N-dealkylation sites (tertiary alicyclic amines) is 1. The normalized spacial score (nSPS) is 17.2. The number of nitrogens with zero attached hydrogens (tertiary/aromatic N) is 2. The monoisotopic (exact) mass is 432 g/mol. The molecule has 1 aliphatic heterocycles. The maximum absolute atomic E-state index is 12.9. The van der Waals surface area contributed by atoms with Crippen LogP contribution in [0.15, 0.2) is 18.2 Å². The van der Waals surface area contributed by atoms with Gasteiger partial charge in [0.25, 0.3) is 11.6 Å². The van der Waals surface area contributed by atoms with E-state index in [2.05, 4.69) is 10.6 Å². The minimum atomic E-state index is -0.683. The van der Waals surface area contributed by atoms with Crippen LogP contribution in [-0.4, -0.2) is 54.4 Å². The number of carbonyl (C=O) groups is 2. The van der Waals surface area contributed by atoms with Gasteiger partial charge in [0.05, 0.1) is 15.5 Å². The third-order valence-electron chi connectivity index (χ3n) is 4.72. The number of hydrogen-bond acceptors (Lipinski definition) is 5. The van der Waals surface area contributed by atoms with Crippen LogP contribution in [0, 0.1) is 22.0 Å². The Kier molecular flexibility index (Phi) is 9.13. The van der Waals surface area contributed by atoms with Crippen LogP contribution in [0.25, 0.3) is 0 Å². The molecule has 10 heteroatoms. The van der Waals surface area contributed by atoms with Gasteiger partial charge in [-0.05, 0) is 37.9 Å². The smallest absolute Gasteiger partial charge is 0.270 e. The van der Waals surface area contributed by atoms with Crippen LogP contribution in [0.3, 0.4) is 0 Å². The van der Waals surface area contributed by atoms with Gasteiger partial charge >= 0.3 is 0 Å². The average Bonchev–Trinajstić information content (AvgIpc) is 3.07. The third kappa shape index (κ3) is 5.80. The molecule has 0 aliphatic carbocycles. The van der Waals surface area contributed by atoms with Crippen molar-refractivity contribution in [3.05, 3.63) is 38.9 Å². The van der Waals surface area contributed by atoms with E-state index in [1.54, 1.807) is 4.90 Å². The van der Waals surface area contributed by atoms with Gasteiger partial charge in [-0.25, -0.2) is 0 Å². The van der Waals surface area contributed by atoms with Gasteiger partial charge in [-0.15, -0.1) is 12.4 Å². The molecule has 1 heterocycles. The van der Waals surface area contributed by atoms with E-state index in [1.807, 2.05) is 20.9 Å². The summed E-state index contributed by atoms with van der Waals surface area (Å²) in [5.74, 6) is -0.337. The largest absolute Gasteiger partial charge is 0.341 e. The van der Waals surface area contributed by atoms with Gasteiger partial charge in [-0.1, -0.05) is 25.4 Å². The third-order valence-corrected chi connectivity index (χ3v) is 5.03. The number of carbonyl (C=O) groups excluding carboxylic acids is 2. The van der Waals surface area contributed by atoms with Crippen molar-refractivity contribution < 1.29 is 14.5 Å². The minimum Gasteiger partial charge on any atom is -0.341 e. The van der Waals surface area contributed by atoms with Crippen molar-refractivity contribution in [2.75, 3.05) is 26.7 Å². The summed E-state index contributed by atoms with van der Waals surface area (Å²) >= 11 is 6.02. The van der Waals surface area contributed by atoms with Crippen LogP contribution in [0.5, 0.6) is 0 Å². The highest BCUT2D eigenvalue weighted by atomic mass is 35.5. The van der Waals surface area contributed by atoms with Crippen LogP contribution in [-0.2, 0) is 4.79 Å². The molecular weight excluding hydrogens is 407 g/mol. The summed E-state index contributed by atoms with van der Waals surface area (Å²) in [6.45, 7) is 5.91. The Hall–Kier alpha value is -1.90. The SMILES string of the molecule is CNCC1CCN(C(=O)C(NC(=O)c2ccc([N+](=O)[O-])cc2Cl)C(C)C)C1.Cl. The molecule has 8 nitrogen and oxygen atoms in total. The topological polar surface area (TPSA) is 105 Å². The fraction of sp³-hybridized carbons (Fsp3) is 0.556. The van der Waals surface area contributed by atoms with Crippen molar-refractivity contribution in [3.8, 4) is 0 Å². The highest BCUT2D eigenvalue weighted by molar-refractivity contribution is 6.34. The van der Waals surface area contributed by atoms with Crippen LogP contribution < -0.4 is 10.6 Å². The molecule has 1 aliphatic rings. The number of amides is 2. The lowest BCUT2D eigenvalue weighted by molar-refractivity contribution is -0.384. The van der Waals surface area contributed by atoms with Crippen LogP contribution >= 0.6 is 24.0 Å². The predicted molar refractivity (Wildman–Crippen MR) is 110 cm³/mol. The highest BCUT2D eigenvalue weighted by Gasteiger charge is 2.33. The molecule has 0 bridgehead atoms. The molecule has 2 amide bonds. The van der Waals surface area contributed by atoms with E-state index in [9.17, 15) is 19.7 Å². The molecule has 0 aromatic heterocycles. The molecule has 1 saturated heterocycles. The minimum absolute atomic E-state index is 0. The Bertz CT molecular complexity index is 730. The lowest BCUT2D eigenvalue weighted by Gasteiger charge is -2.27. The predicted octanol–water partition coefficient (Wildman–Crippen LogP) is 2.49. The quantitative estimate of drug-likeness (QED) is 0.508. The standard InChI is InChI=1S/C18H25ClN4O4.ClH/c1-11(2)16(18(25)22-7-6-12(10-22)9-20-3)21-17(24)14-5-4-13(23(26)27)8-15(14)19;/h4-5,8,11-12,16,20H,6-7,9-10H2,1-3H3,(H,21,24);1H. The first-order chi connectivity index (χ1) is 12.7. The number of hydrogen-bond donors (Lipinski definition) is 2. The molecule has 0 spiro atoms. The first kappa shape index (κ1) is 24.1. The molecule has 2 rings (SSSR count). The molecule has 2 N–H and O–H groups in total. The number of nitro benzene ring substituents is 1. The number of nitrogens with one attached hydrogen (secondary N) is 2. The maximum atomic E-state index is 12.9. The zero-order valence-corrected chi connectivity index (χ0v) is 17.7. The zero-order valence-electron chi connectivity index (χ0n) is 16.1. The van der Waals surface area contributed by atoms with Crippen LogP contribution in [0.1, 0.15) is 30.6 Å². The van der Waals surface area contributed by atoms with E-state index in [1.165, 1.54) is 12.1 Å². The van der Waals surface area contributed by atoms with Crippen molar-refractivity contribution >= 4 is 41.5 Å². The zero-order chi connectivity index (χ0) is 20.1. The Morgan fingerprint density at radius 1 is 1.39 bits per heavy atom. The highest BCUT2D eigenvalue weighted by Crippen LogP contribution is 2.23. The van der Waals surface area contributed by atoms with Crippen molar-refractivity contribution in [1.29, 1.82) is 0 Å². The second-order valence-corrected chi connectivity index (χ2v) is 7.52. The van der Waals surface area contributed by atoms with Crippen molar-refractivity contribution in [1.82, 2.24) is 15.5 Å². The molecule has 28 heavy (non-hydrogen) atoms. The van der Waals surface area contributed by atoms with E-state index in [0.717, 1.165) is 19.0 Å². The number of nitro groups is 1. The summed E-state index contributed by atoms with van der Waals surface area (Å²) in [4.78, 5) is 37.5. The fourth-order valence-electron chi connectivity index (χ4n) is 3.22. The number of non-ortho nitro benzene ring substituents is 1. The second-order valence-electron chi connectivity index (χ2n) is 7.11.